The van der Waals surface area contributed by atoms with Crippen LogP contribution in [0.5, 0.6) is 0 Å². The second-order valence-corrected chi connectivity index (χ2v) is 5.32. The molecular formula is C15H18ClN3O3. The van der Waals surface area contributed by atoms with E-state index in [4.69, 9.17) is 9.63 Å². The molecule has 0 spiro atoms. The van der Waals surface area contributed by atoms with Gasteiger partial charge in [0.2, 0.25) is 11.7 Å². The number of hydrogen-bond donors (Lipinski definition) is 1. The van der Waals surface area contributed by atoms with Gasteiger partial charge in [0.25, 0.3) is 0 Å². The van der Waals surface area contributed by atoms with E-state index < -0.39 is 5.97 Å². The van der Waals surface area contributed by atoms with Crippen LogP contribution in [-0.4, -0.2) is 39.2 Å². The Balaban J connectivity index is 0.00000176. The molecule has 1 N–H and O–H groups in total. The van der Waals surface area contributed by atoms with Crippen LogP contribution in [-0.2, 0) is 4.79 Å². The third kappa shape index (κ3) is 3.28. The molecule has 1 aromatic carbocycles. The summed E-state index contributed by atoms with van der Waals surface area (Å²) in [6.45, 7) is 3.23. The molecule has 118 valence electrons. The number of aromatic nitrogens is 2. The lowest BCUT2D eigenvalue weighted by Crippen LogP contribution is -2.26. The molecule has 3 rings (SSSR count). The fourth-order valence-corrected chi connectivity index (χ4v) is 2.61. The maximum Gasteiger partial charge on any atom is 0.307 e. The van der Waals surface area contributed by atoms with Crippen molar-refractivity contribution in [2.75, 3.05) is 13.1 Å². The minimum atomic E-state index is -0.736. The molecule has 2 aromatic rings. The third-order valence-electron chi connectivity index (χ3n) is 3.95. The molecule has 22 heavy (non-hydrogen) atoms. The number of benzene rings is 1. The number of likely N-dealkylation sites (tertiary alicyclic amines) is 1. The van der Waals surface area contributed by atoms with Crippen molar-refractivity contribution in [3.8, 4) is 11.4 Å². The first-order chi connectivity index (χ1) is 10.1. The Labute approximate surface area is 134 Å². The van der Waals surface area contributed by atoms with Crippen molar-refractivity contribution >= 4 is 18.4 Å². The Hall–Kier alpha value is -1.92. The summed E-state index contributed by atoms with van der Waals surface area (Å²) >= 11 is 0. The van der Waals surface area contributed by atoms with Gasteiger partial charge in [-0.2, -0.15) is 4.98 Å². The average Bonchev–Trinajstić information content (AvgIpc) is 3.17. The highest BCUT2D eigenvalue weighted by Crippen LogP contribution is 2.27. The van der Waals surface area contributed by atoms with Crippen molar-refractivity contribution in [1.82, 2.24) is 15.0 Å². The van der Waals surface area contributed by atoms with E-state index in [0.717, 1.165) is 12.1 Å². The van der Waals surface area contributed by atoms with E-state index >= 15 is 0 Å². The van der Waals surface area contributed by atoms with E-state index in [1.54, 1.807) is 0 Å². The zero-order valence-corrected chi connectivity index (χ0v) is 13.0. The molecule has 0 amide bonds. The van der Waals surface area contributed by atoms with Crippen molar-refractivity contribution in [1.29, 1.82) is 0 Å². The van der Waals surface area contributed by atoms with Gasteiger partial charge >= 0.3 is 5.97 Å². The molecule has 1 aliphatic heterocycles. The van der Waals surface area contributed by atoms with Crippen molar-refractivity contribution < 1.29 is 14.4 Å². The van der Waals surface area contributed by atoms with E-state index in [2.05, 4.69) is 15.0 Å². The topological polar surface area (TPSA) is 79.5 Å². The summed E-state index contributed by atoms with van der Waals surface area (Å²) in [7, 11) is 0. The van der Waals surface area contributed by atoms with Gasteiger partial charge in [-0.15, -0.1) is 12.4 Å². The first kappa shape index (κ1) is 16.5. The van der Waals surface area contributed by atoms with Crippen LogP contribution in [0, 0.1) is 5.92 Å². The molecule has 0 bridgehead atoms. The van der Waals surface area contributed by atoms with Gasteiger partial charge in [0.15, 0.2) is 0 Å². The number of carboxylic acids is 1. The summed E-state index contributed by atoms with van der Waals surface area (Å²) in [6.07, 6.45) is 0.666. The molecule has 0 radical (unpaired) electrons. The number of carboxylic acid groups (broad SMARTS) is 1. The van der Waals surface area contributed by atoms with Crippen LogP contribution in [0.1, 0.15) is 25.3 Å². The maximum absolute atomic E-state index is 11.0. The lowest BCUT2D eigenvalue weighted by molar-refractivity contribution is -0.141. The summed E-state index contributed by atoms with van der Waals surface area (Å²) in [5, 5.41) is 13.1. The lowest BCUT2D eigenvalue weighted by atomic mass is 10.1. The van der Waals surface area contributed by atoms with Crippen LogP contribution in [0.2, 0.25) is 0 Å². The van der Waals surface area contributed by atoms with Crippen molar-refractivity contribution in [3.63, 3.8) is 0 Å². The van der Waals surface area contributed by atoms with Gasteiger partial charge in [0.05, 0.1) is 12.0 Å². The second kappa shape index (κ2) is 6.89. The highest BCUT2D eigenvalue weighted by molar-refractivity contribution is 5.85. The molecule has 2 atom stereocenters. The molecule has 1 fully saturated rings. The number of carbonyl (C=O) groups is 1. The van der Waals surface area contributed by atoms with E-state index in [9.17, 15) is 4.79 Å². The van der Waals surface area contributed by atoms with Gasteiger partial charge < -0.3 is 9.63 Å². The number of hydrogen-bond acceptors (Lipinski definition) is 5. The number of aliphatic carboxylic acids is 1. The Morgan fingerprint density at radius 1 is 1.41 bits per heavy atom. The van der Waals surface area contributed by atoms with Crippen LogP contribution in [0.4, 0.5) is 0 Å². The largest absolute Gasteiger partial charge is 0.481 e. The Kier molecular flexibility index (Phi) is 5.15. The predicted octanol–water partition coefficient (Wildman–Crippen LogP) is 2.63. The molecule has 0 aliphatic carbocycles. The fourth-order valence-electron chi connectivity index (χ4n) is 2.61. The summed E-state index contributed by atoms with van der Waals surface area (Å²) in [5.41, 5.74) is 0.907. The normalized spacial score (nSPS) is 19.6. The predicted molar refractivity (Wildman–Crippen MR) is 82.7 cm³/mol. The summed E-state index contributed by atoms with van der Waals surface area (Å²) < 4.78 is 5.34. The highest BCUT2D eigenvalue weighted by Gasteiger charge is 2.33. The van der Waals surface area contributed by atoms with E-state index in [1.165, 1.54) is 0 Å². The van der Waals surface area contributed by atoms with Crippen LogP contribution >= 0.6 is 12.4 Å². The molecule has 6 nitrogen and oxygen atoms in total. The molecule has 1 aliphatic rings. The van der Waals surface area contributed by atoms with E-state index in [0.29, 0.717) is 24.7 Å². The molecule has 1 aromatic heterocycles. The maximum atomic E-state index is 11.0. The summed E-state index contributed by atoms with van der Waals surface area (Å²) in [6, 6.07) is 9.56. The van der Waals surface area contributed by atoms with Crippen LogP contribution < -0.4 is 0 Å². The van der Waals surface area contributed by atoms with Crippen LogP contribution in [0.3, 0.4) is 0 Å². The van der Waals surface area contributed by atoms with Gasteiger partial charge in [-0.05, 0) is 19.9 Å². The van der Waals surface area contributed by atoms with Crippen molar-refractivity contribution in [2.45, 2.75) is 19.4 Å². The molecular weight excluding hydrogens is 306 g/mol. The standard InChI is InChI=1S/C15H17N3O3.ClH/c1-10(18-8-7-12(9-18)15(19)20)14-16-13(17-21-14)11-5-3-2-4-6-11;/h2-6,10,12H,7-9H2,1H3,(H,19,20);1H. The summed E-state index contributed by atoms with van der Waals surface area (Å²) in [5.74, 6) is 0.0514. The van der Waals surface area contributed by atoms with Gasteiger partial charge in [0.1, 0.15) is 0 Å². The molecule has 1 saturated heterocycles. The molecule has 0 saturated carbocycles. The monoisotopic (exact) mass is 323 g/mol. The van der Waals surface area contributed by atoms with E-state index in [-0.39, 0.29) is 24.4 Å². The SMILES string of the molecule is CC(c1nc(-c2ccccc2)no1)N1CCC(C(=O)O)C1.Cl. The Bertz CT molecular complexity index is 632. The Morgan fingerprint density at radius 3 is 2.77 bits per heavy atom. The smallest absolute Gasteiger partial charge is 0.307 e. The quantitative estimate of drug-likeness (QED) is 0.931. The third-order valence-corrected chi connectivity index (χ3v) is 3.95. The first-order valence-electron chi connectivity index (χ1n) is 7.01. The van der Waals surface area contributed by atoms with Gasteiger partial charge in [-0.1, -0.05) is 35.5 Å². The molecule has 2 unspecified atom stereocenters. The molecule has 2 heterocycles. The number of rotatable bonds is 4. The fraction of sp³-hybridized carbons (Fsp3) is 0.400. The summed E-state index contributed by atoms with van der Waals surface area (Å²) in [4.78, 5) is 17.5. The van der Waals surface area contributed by atoms with Gasteiger partial charge in [0, 0.05) is 12.1 Å². The zero-order valence-electron chi connectivity index (χ0n) is 12.2. The van der Waals surface area contributed by atoms with Crippen molar-refractivity contribution in [3.05, 3.63) is 36.2 Å². The average molecular weight is 324 g/mol. The first-order valence-corrected chi connectivity index (χ1v) is 7.01. The number of halogens is 1. The highest BCUT2D eigenvalue weighted by atomic mass is 35.5. The minimum absolute atomic E-state index is 0. The van der Waals surface area contributed by atoms with E-state index in [1.807, 2.05) is 37.3 Å². The van der Waals surface area contributed by atoms with Crippen LogP contribution in [0.15, 0.2) is 34.9 Å². The van der Waals surface area contributed by atoms with Crippen LogP contribution in [0.25, 0.3) is 11.4 Å². The number of nitrogens with zero attached hydrogens (tertiary/aromatic N) is 3. The Morgan fingerprint density at radius 2 is 2.14 bits per heavy atom. The second-order valence-electron chi connectivity index (χ2n) is 5.32. The molecule has 7 heteroatoms. The van der Waals surface area contributed by atoms with Crippen molar-refractivity contribution in [2.24, 2.45) is 5.92 Å². The van der Waals surface area contributed by atoms with Gasteiger partial charge in [-0.25, -0.2) is 0 Å². The zero-order chi connectivity index (χ0) is 14.8. The van der Waals surface area contributed by atoms with Gasteiger partial charge in [-0.3, -0.25) is 9.69 Å². The minimum Gasteiger partial charge on any atom is -0.481 e. The lowest BCUT2D eigenvalue weighted by Gasteiger charge is -2.20.